The lowest BCUT2D eigenvalue weighted by Gasteiger charge is -2.24. The number of fused-ring (bicyclic) bond motifs is 1. The monoisotopic (exact) mass is 350 g/mol. The second kappa shape index (κ2) is 6.61. The van der Waals surface area contributed by atoms with Gasteiger partial charge in [-0.2, -0.15) is 0 Å². The van der Waals surface area contributed by atoms with Gasteiger partial charge in [0.2, 0.25) is 0 Å². The van der Waals surface area contributed by atoms with E-state index in [1.54, 1.807) is 4.52 Å². The average molecular weight is 350 g/mol. The Morgan fingerprint density at radius 3 is 2.65 bits per heavy atom. The van der Waals surface area contributed by atoms with Crippen LogP contribution in [-0.4, -0.2) is 20.6 Å². The minimum atomic E-state index is 0.332. The van der Waals surface area contributed by atoms with Gasteiger partial charge in [-0.3, -0.25) is 0 Å². The van der Waals surface area contributed by atoms with E-state index in [9.17, 15) is 0 Å². The maximum atomic E-state index is 6.04. The smallest absolute Gasteiger partial charge is 0.177 e. The van der Waals surface area contributed by atoms with Gasteiger partial charge in [0.1, 0.15) is 5.82 Å². The van der Waals surface area contributed by atoms with E-state index in [1.165, 1.54) is 11.1 Å². The standard InChI is InChI=1S/C20H26N6/c1-12-4-3-5-16(13(12)2)23-17-10-19(22)25-26-11-18(24-20(17)26)14-6-8-15(21)9-7-14/h3-5,10-11,14-15,23H,6-9,21H2,1-2H3,(H2,22,25)/t14-,15-. The van der Waals surface area contributed by atoms with Crippen molar-refractivity contribution in [1.29, 1.82) is 0 Å². The number of aromatic nitrogens is 3. The van der Waals surface area contributed by atoms with Gasteiger partial charge in [0.15, 0.2) is 5.65 Å². The zero-order valence-electron chi connectivity index (χ0n) is 15.4. The van der Waals surface area contributed by atoms with Gasteiger partial charge in [-0.25, -0.2) is 9.50 Å². The summed E-state index contributed by atoms with van der Waals surface area (Å²) in [5.74, 6) is 0.922. The van der Waals surface area contributed by atoms with Crippen LogP contribution in [0.5, 0.6) is 0 Å². The fourth-order valence-corrected chi connectivity index (χ4v) is 3.75. The fraction of sp³-hybridized carbons (Fsp3) is 0.400. The third-order valence-electron chi connectivity index (χ3n) is 5.53. The van der Waals surface area contributed by atoms with E-state index in [0.717, 1.165) is 48.4 Å². The SMILES string of the molecule is Cc1cccc(Nc2cc(N)nn3cc([C@H]4CC[C@H](N)CC4)nc23)c1C. The predicted molar refractivity (Wildman–Crippen MR) is 106 cm³/mol. The van der Waals surface area contributed by atoms with Gasteiger partial charge in [0, 0.05) is 23.7 Å². The Hall–Kier alpha value is -2.60. The summed E-state index contributed by atoms with van der Waals surface area (Å²) >= 11 is 0. The lowest BCUT2D eigenvalue weighted by Crippen LogP contribution is -2.25. The van der Waals surface area contributed by atoms with Crippen LogP contribution in [-0.2, 0) is 0 Å². The number of nitrogens with zero attached hydrogens (tertiary/aromatic N) is 3. The summed E-state index contributed by atoms with van der Waals surface area (Å²) in [6, 6.07) is 8.41. The Morgan fingerprint density at radius 2 is 1.88 bits per heavy atom. The van der Waals surface area contributed by atoms with Crippen LogP contribution in [0.3, 0.4) is 0 Å². The number of aryl methyl sites for hydroxylation is 1. The normalized spacial score (nSPS) is 20.4. The van der Waals surface area contributed by atoms with Crippen molar-refractivity contribution in [2.45, 2.75) is 51.5 Å². The molecule has 0 aliphatic heterocycles. The van der Waals surface area contributed by atoms with Crippen molar-refractivity contribution in [1.82, 2.24) is 14.6 Å². The summed E-state index contributed by atoms with van der Waals surface area (Å²) in [5, 5.41) is 7.91. The van der Waals surface area contributed by atoms with E-state index in [-0.39, 0.29) is 0 Å². The zero-order chi connectivity index (χ0) is 18.3. The largest absolute Gasteiger partial charge is 0.382 e. The van der Waals surface area contributed by atoms with Crippen molar-refractivity contribution >= 4 is 22.8 Å². The predicted octanol–water partition coefficient (Wildman–Crippen LogP) is 3.66. The van der Waals surface area contributed by atoms with E-state index in [1.807, 2.05) is 12.3 Å². The number of hydrogen-bond donors (Lipinski definition) is 3. The number of nitrogen functional groups attached to an aromatic ring is 1. The van der Waals surface area contributed by atoms with E-state index in [0.29, 0.717) is 17.8 Å². The first kappa shape index (κ1) is 16.8. The number of benzene rings is 1. The molecule has 26 heavy (non-hydrogen) atoms. The number of rotatable bonds is 3. The zero-order valence-corrected chi connectivity index (χ0v) is 15.4. The molecule has 1 fully saturated rings. The van der Waals surface area contributed by atoms with Crippen molar-refractivity contribution in [2.75, 3.05) is 11.1 Å². The van der Waals surface area contributed by atoms with Crippen LogP contribution in [0.25, 0.3) is 5.65 Å². The molecule has 4 rings (SSSR count). The quantitative estimate of drug-likeness (QED) is 0.670. The van der Waals surface area contributed by atoms with Crippen LogP contribution in [0.2, 0.25) is 0 Å². The number of hydrogen-bond acceptors (Lipinski definition) is 5. The Kier molecular flexibility index (Phi) is 4.28. The number of nitrogens with one attached hydrogen (secondary N) is 1. The van der Waals surface area contributed by atoms with Crippen molar-refractivity contribution in [3.63, 3.8) is 0 Å². The van der Waals surface area contributed by atoms with Crippen molar-refractivity contribution in [2.24, 2.45) is 5.73 Å². The summed E-state index contributed by atoms with van der Waals surface area (Å²) in [5.41, 5.74) is 18.4. The molecule has 6 nitrogen and oxygen atoms in total. The summed E-state index contributed by atoms with van der Waals surface area (Å²) in [6.07, 6.45) is 6.30. The second-order valence-electron chi connectivity index (χ2n) is 7.40. The molecule has 136 valence electrons. The lowest BCUT2D eigenvalue weighted by molar-refractivity contribution is 0.391. The molecule has 0 amide bonds. The first-order chi connectivity index (χ1) is 12.5. The van der Waals surface area contributed by atoms with Crippen LogP contribution >= 0.6 is 0 Å². The molecule has 0 saturated heterocycles. The Morgan fingerprint density at radius 1 is 1.12 bits per heavy atom. The van der Waals surface area contributed by atoms with Gasteiger partial charge in [-0.15, -0.1) is 5.10 Å². The average Bonchev–Trinajstić information content (AvgIpc) is 3.03. The molecule has 0 atom stereocenters. The van der Waals surface area contributed by atoms with Crippen LogP contribution in [0.1, 0.15) is 48.4 Å². The van der Waals surface area contributed by atoms with E-state index >= 15 is 0 Å². The number of nitrogens with two attached hydrogens (primary N) is 2. The first-order valence-corrected chi connectivity index (χ1v) is 9.26. The first-order valence-electron chi connectivity index (χ1n) is 9.26. The highest BCUT2D eigenvalue weighted by Crippen LogP contribution is 2.33. The van der Waals surface area contributed by atoms with Crippen LogP contribution in [0, 0.1) is 13.8 Å². The second-order valence-corrected chi connectivity index (χ2v) is 7.40. The highest BCUT2D eigenvalue weighted by molar-refractivity contribution is 5.77. The van der Waals surface area contributed by atoms with Crippen molar-refractivity contribution in [3.8, 4) is 0 Å². The lowest BCUT2D eigenvalue weighted by atomic mass is 9.85. The summed E-state index contributed by atoms with van der Waals surface area (Å²) in [7, 11) is 0. The molecule has 3 aromatic rings. The fourth-order valence-electron chi connectivity index (χ4n) is 3.75. The summed E-state index contributed by atoms with van der Waals surface area (Å²) in [6.45, 7) is 4.22. The van der Waals surface area contributed by atoms with Gasteiger partial charge < -0.3 is 16.8 Å². The van der Waals surface area contributed by atoms with Gasteiger partial charge in [0.25, 0.3) is 0 Å². The van der Waals surface area contributed by atoms with Gasteiger partial charge in [0.05, 0.1) is 17.6 Å². The molecule has 1 aromatic carbocycles. The third-order valence-corrected chi connectivity index (χ3v) is 5.53. The Bertz CT molecular complexity index is 937. The van der Waals surface area contributed by atoms with Crippen molar-refractivity contribution < 1.29 is 0 Å². The van der Waals surface area contributed by atoms with Gasteiger partial charge in [-0.1, -0.05) is 12.1 Å². The highest BCUT2D eigenvalue weighted by Gasteiger charge is 2.23. The molecule has 1 saturated carbocycles. The summed E-state index contributed by atoms with van der Waals surface area (Å²) < 4.78 is 1.80. The molecule has 1 aliphatic carbocycles. The molecule has 5 N–H and O–H groups in total. The van der Waals surface area contributed by atoms with E-state index < -0.39 is 0 Å². The van der Waals surface area contributed by atoms with Crippen LogP contribution < -0.4 is 16.8 Å². The van der Waals surface area contributed by atoms with E-state index in [4.69, 9.17) is 16.5 Å². The molecule has 2 aromatic heterocycles. The molecule has 6 heteroatoms. The number of anilines is 3. The summed E-state index contributed by atoms with van der Waals surface area (Å²) in [4.78, 5) is 4.89. The molecule has 0 bridgehead atoms. The third kappa shape index (κ3) is 3.12. The Balaban J connectivity index is 1.71. The minimum absolute atomic E-state index is 0.332. The molecule has 2 heterocycles. The molecule has 0 spiro atoms. The molecule has 0 radical (unpaired) electrons. The molecular formula is C20H26N6. The van der Waals surface area contributed by atoms with Crippen LogP contribution in [0.4, 0.5) is 17.2 Å². The van der Waals surface area contributed by atoms with E-state index in [2.05, 4.69) is 42.5 Å². The molecular weight excluding hydrogens is 324 g/mol. The van der Waals surface area contributed by atoms with Gasteiger partial charge >= 0.3 is 0 Å². The van der Waals surface area contributed by atoms with Crippen molar-refractivity contribution in [3.05, 3.63) is 47.3 Å². The maximum absolute atomic E-state index is 6.04. The highest BCUT2D eigenvalue weighted by atomic mass is 15.3. The maximum Gasteiger partial charge on any atom is 0.177 e. The number of imidazole rings is 1. The minimum Gasteiger partial charge on any atom is -0.382 e. The Labute approximate surface area is 153 Å². The van der Waals surface area contributed by atoms with Gasteiger partial charge in [-0.05, 0) is 56.7 Å². The molecule has 0 unspecified atom stereocenters. The van der Waals surface area contributed by atoms with Crippen LogP contribution in [0.15, 0.2) is 30.5 Å². The topological polar surface area (TPSA) is 94.3 Å². The molecule has 1 aliphatic rings.